The molecule has 1 saturated heterocycles. The lowest BCUT2D eigenvalue weighted by atomic mass is 10.1. The zero-order valence-electron chi connectivity index (χ0n) is 13.9. The maximum atomic E-state index is 13.3. The Hall–Kier alpha value is -2.80. The van der Waals surface area contributed by atoms with E-state index < -0.39 is 0 Å². The van der Waals surface area contributed by atoms with Crippen LogP contribution < -0.4 is 4.90 Å². The fourth-order valence-electron chi connectivity index (χ4n) is 2.89. The first kappa shape index (κ1) is 15.7. The standard InChI is InChI=1S/C18H18FN5O/c1-23-7-6-20-17(23)16-15(13-2-4-14(19)5-3-13)12-21-18(22-16)24-8-10-25-11-9-24/h2-7,12H,8-11H2,1H3. The van der Waals surface area contributed by atoms with Gasteiger partial charge in [0.1, 0.15) is 11.5 Å². The Labute approximate surface area is 144 Å². The van der Waals surface area contributed by atoms with Crippen LogP contribution in [0.5, 0.6) is 0 Å². The van der Waals surface area contributed by atoms with E-state index in [-0.39, 0.29) is 5.82 Å². The maximum Gasteiger partial charge on any atom is 0.226 e. The van der Waals surface area contributed by atoms with Crippen molar-refractivity contribution in [2.24, 2.45) is 7.05 Å². The first-order valence-corrected chi connectivity index (χ1v) is 8.16. The van der Waals surface area contributed by atoms with E-state index >= 15 is 0 Å². The summed E-state index contributed by atoms with van der Waals surface area (Å²) in [5, 5.41) is 0. The minimum absolute atomic E-state index is 0.270. The van der Waals surface area contributed by atoms with Crippen molar-refractivity contribution in [1.82, 2.24) is 19.5 Å². The summed E-state index contributed by atoms with van der Waals surface area (Å²) in [6.45, 7) is 2.85. The summed E-state index contributed by atoms with van der Waals surface area (Å²) in [4.78, 5) is 15.8. The van der Waals surface area contributed by atoms with E-state index in [9.17, 15) is 4.39 Å². The number of rotatable bonds is 3. The highest BCUT2D eigenvalue weighted by Gasteiger charge is 2.19. The molecule has 0 spiro atoms. The summed E-state index contributed by atoms with van der Waals surface area (Å²) in [5.41, 5.74) is 2.41. The molecule has 0 N–H and O–H groups in total. The number of halogens is 1. The van der Waals surface area contributed by atoms with Crippen LogP contribution in [0.3, 0.4) is 0 Å². The Morgan fingerprint density at radius 1 is 1.08 bits per heavy atom. The van der Waals surface area contributed by atoms with Gasteiger partial charge in [-0.25, -0.2) is 19.3 Å². The molecule has 0 bridgehead atoms. The van der Waals surface area contributed by atoms with E-state index in [0.29, 0.717) is 19.2 Å². The summed E-state index contributed by atoms with van der Waals surface area (Å²) < 4.78 is 20.6. The van der Waals surface area contributed by atoms with Crippen LogP contribution >= 0.6 is 0 Å². The van der Waals surface area contributed by atoms with Gasteiger partial charge in [0.05, 0.1) is 13.2 Å². The molecule has 3 aromatic rings. The number of nitrogens with zero attached hydrogens (tertiary/aromatic N) is 5. The smallest absolute Gasteiger partial charge is 0.226 e. The van der Waals surface area contributed by atoms with Crippen LogP contribution in [0.4, 0.5) is 10.3 Å². The summed E-state index contributed by atoms with van der Waals surface area (Å²) in [5.74, 6) is 1.14. The van der Waals surface area contributed by atoms with Gasteiger partial charge < -0.3 is 14.2 Å². The van der Waals surface area contributed by atoms with Crippen molar-refractivity contribution in [3.8, 4) is 22.6 Å². The number of aryl methyl sites for hydroxylation is 1. The van der Waals surface area contributed by atoms with Crippen molar-refractivity contribution < 1.29 is 9.13 Å². The second kappa shape index (κ2) is 6.60. The number of anilines is 1. The zero-order valence-corrected chi connectivity index (χ0v) is 13.9. The van der Waals surface area contributed by atoms with Gasteiger partial charge in [0.15, 0.2) is 5.82 Å². The SMILES string of the molecule is Cn1ccnc1-c1nc(N2CCOCC2)ncc1-c1ccc(F)cc1. The Kier molecular flexibility index (Phi) is 4.15. The highest BCUT2D eigenvalue weighted by molar-refractivity contribution is 5.78. The Balaban J connectivity index is 1.83. The summed E-state index contributed by atoms with van der Waals surface area (Å²) in [6.07, 6.45) is 5.40. The van der Waals surface area contributed by atoms with Crippen molar-refractivity contribution in [2.75, 3.05) is 31.2 Å². The molecule has 0 amide bonds. The molecule has 0 saturated carbocycles. The van der Waals surface area contributed by atoms with Gasteiger partial charge >= 0.3 is 0 Å². The molecule has 1 aliphatic heterocycles. The second-order valence-electron chi connectivity index (χ2n) is 5.90. The van der Waals surface area contributed by atoms with E-state index in [1.807, 2.05) is 17.8 Å². The van der Waals surface area contributed by atoms with Crippen LogP contribution in [-0.4, -0.2) is 45.8 Å². The number of morpholine rings is 1. The maximum absolute atomic E-state index is 13.3. The highest BCUT2D eigenvalue weighted by Crippen LogP contribution is 2.30. The molecule has 128 valence electrons. The van der Waals surface area contributed by atoms with Crippen molar-refractivity contribution in [3.05, 3.63) is 48.7 Å². The molecule has 2 aromatic heterocycles. The summed E-state index contributed by atoms with van der Waals surface area (Å²) >= 11 is 0. The lowest BCUT2D eigenvalue weighted by molar-refractivity contribution is 0.122. The van der Waals surface area contributed by atoms with Gasteiger partial charge in [0, 0.05) is 44.3 Å². The molecule has 6 nitrogen and oxygen atoms in total. The summed E-state index contributed by atoms with van der Waals surface area (Å²) in [7, 11) is 1.92. The lowest BCUT2D eigenvalue weighted by Crippen LogP contribution is -2.37. The van der Waals surface area contributed by atoms with Crippen LogP contribution in [-0.2, 0) is 11.8 Å². The molecular weight excluding hydrogens is 321 g/mol. The monoisotopic (exact) mass is 339 g/mol. The predicted octanol–water partition coefficient (Wildman–Crippen LogP) is 2.52. The Morgan fingerprint density at radius 3 is 2.52 bits per heavy atom. The normalized spacial score (nSPS) is 14.7. The third kappa shape index (κ3) is 3.10. The number of benzene rings is 1. The number of hydrogen-bond acceptors (Lipinski definition) is 5. The van der Waals surface area contributed by atoms with E-state index in [0.717, 1.165) is 35.7 Å². The highest BCUT2D eigenvalue weighted by atomic mass is 19.1. The van der Waals surface area contributed by atoms with Crippen LogP contribution in [0.25, 0.3) is 22.6 Å². The third-order valence-electron chi connectivity index (χ3n) is 4.26. The first-order valence-electron chi connectivity index (χ1n) is 8.16. The van der Waals surface area contributed by atoms with Gasteiger partial charge in [0.25, 0.3) is 0 Å². The Morgan fingerprint density at radius 2 is 1.84 bits per heavy atom. The number of ether oxygens (including phenoxy) is 1. The molecule has 0 radical (unpaired) electrons. The molecule has 25 heavy (non-hydrogen) atoms. The average molecular weight is 339 g/mol. The minimum Gasteiger partial charge on any atom is -0.378 e. The van der Waals surface area contributed by atoms with Gasteiger partial charge in [0.2, 0.25) is 5.95 Å². The van der Waals surface area contributed by atoms with E-state index in [1.54, 1.807) is 24.5 Å². The van der Waals surface area contributed by atoms with Crippen LogP contribution in [0.15, 0.2) is 42.9 Å². The van der Waals surface area contributed by atoms with Crippen molar-refractivity contribution >= 4 is 5.95 Å². The number of hydrogen-bond donors (Lipinski definition) is 0. The van der Waals surface area contributed by atoms with E-state index in [4.69, 9.17) is 9.72 Å². The topological polar surface area (TPSA) is 56.1 Å². The fraction of sp³-hybridized carbons (Fsp3) is 0.278. The second-order valence-corrected chi connectivity index (χ2v) is 5.90. The molecule has 4 rings (SSSR count). The fourth-order valence-corrected chi connectivity index (χ4v) is 2.89. The van der Waals surface area contributed by atoms with Gasteiger partial charge in [-0.3, -0.25) is 0 Å². The molecule has 0 atom stereocenters. The van der Waals surface area contributed by atoms with Crippen molar-refractivity contribution in [1.29, 1.82) is 0 Å². The molecule has 0 aliphatic carbocycles. The lowest BCUT2D eigenvalue weighted by Gasteiger charge is -2.27. The average Bonchev–Trinajstić information content (AvgIpc) is 3.08. The van der Waals surface area contributed by atoms with Crippen molar-refractivity contribution in [3.63, 3.8) is 0 Å². The minimum atomic E-state index is -0.270. The molecule has 7 heteroatoms. The quantitative estimate of drug-likeness (QED) is 0.734. The number of aromatic nitrogens is 4. The van der Waals surface area contributed by atoms with Gasteiger partial charge in [-0.05, 0) is 17.7 Å². The molecule has 1 aromatic carbocycles. The van der Waals surface area contributed by atoms with E-state index in [1.165, 1.54) is 12.1 Å². The zero-order chi connectivity index (χ0) is 17.2. The van der Waals surface area contributed by atoms with Gasteiger partial charge in [-0.15, -0.1) is 0 Å². The van der Waals surface area contributed by atoms with Crippen molar-refractivity contribution in [2.45, 2.75) is 0 Å². The Bertz CT molecular complexity index is 871. The third-order valence-corrected chi connectivity index (χ3v) is 4.26. The molecule has 3 heterocycles. The largest absolute Gasteiger partial charge is 0.378 e. The predicted molar refractivity (Wildman–Crippen MR) is 92.7 cm³/mol. The molecule has 0 unspecified atom stereocenters. The summed E-state index contributed by atoms with van der Waals surface area (Å²) in [6, 6.07) is 6.34. The molecular formula is C18H18FN5O. The first-order chi connectivity index (χ1) is 12.2. The van der Waals surface area contributed by atoms with Gasteiger partial charge in [-0.2, -0.15) is 0 Å². The van der Waals surface area contributed by atoms with Crippen LogP contribution in [0, 0.1) is 5.82 Å². The van der Waals surface area contributed by atoms with Gasteiger partial charge in [-0.1, -0.05) is 12.1 Å². The van der Waals surface area contributed by atoms with Crippen LogP contribution in [0.1, 0.15) is 0 Å². The van der Waals surface area contributed by atoms with E-state index in [2.05, 4.69) is 14.9 Å². The molecule has 1 aliphatic rings. The molecule has 1 fully saturated rings. The number of imidazole rings is 1. The van der Waals surface area contributed by atoms with Crippen LogP contribution in [0.2, 0.25) is 0 Å².